The van der Waals surface area contributed by atoms with E-state index in [9.17, 15) is 0 Å². The molecule has 0 amide bonds. The fourth-order valence-electron chi connectivity index (χ4n) is 1.17. The third-order valence-corrected chi connectivity index (χ3v) is 2.89. The molecule has 0 radical (unpaired) electrons. The van der Waals surface area contributed by atoms with Crippen molar-refractivity contribution in [3.63, 3.8) is 0 Å². The van der Waals surface area contributed by atoms with Crippen LogP contribution in [0.1, 0.15) is 18.9 Å². The first-order valence-corrected chi connectivity index (χ1v) is 5.60. The van der Waals surface area contributed by atoms with E-state index < -0.39 is 0 Å². The Hall–Kier alpha value is -0.950. The van der Waals surface area contributed by atoms with Crippen molar-refractivity contribution in [3.05, 3.63) is 33.7 Å². The summed E-state index contributed by atoms with van der Waals surface area (Å²) in [5.41, 5.74) is 6.61. The molecule has 0 fully saturated rings. The Morgan fingerprint density at radius 2 is 2.13 bits per heavy atom. The van der Waals surface area contributed by atoms with E-state index in [0.29, 0.717) is 11.7 Å². The Labute approximate surface area is 101 Å². The summed E-state index contributed by atoms with van der Waals surface area (Å²) in [5, 5.41) is 3.90. The van der Waals surface area contributed by atoms with Gasteiger partial charge in [-0.05, 0) is 41.6 Å². The molecule has 5 heteroatoms. The molecule has 15 heavy (non-hydrogen) atoms. The quantitative estimate of drug-likeness (QED) is 0.864. The van der Waals surface area contributed by atoms with Crippen molar-refractivity contribution in [2.75, 3.05) is 0 Å². The third-order valence-electron chi connectivity index (χ3n) is 1.95. The van der Waals surface area contributed by atoms with Gasteiger partial charge in [-0.15, -0.1) is 0 Å². The first-order chi connectivity index (χ1) is 7.18. The minimum atomic E-state index is -0.229. The van der Waals surface area contributed by atoms with E-state index in [2.05, 4.69) is 32.7 Å². The van der Waals surface area contributed by atoms with Crippen LogP contribution in [0.4, 0.5) is 0 Å². The lowest BCUT2D eigenvalue weighted by atomic mass is 10.2. The number of aromatic nitrogens is 2. The molecule has 0 aliphatic heterocycles. The number of nitrogens with zero attached hydrogens (tertiary/aromatic N) is 2. The average Bonchev–Trinajstić information content (AvgIpc) is 2.67. The molecule has 1 unspecified atom stereocenters. The summed E-state index contributed by atoms with van der Waals surface area (Å²) in [6.07, 6.45) is 0. The van der Waals surface area contributed by atoms with E-state index in [1.54, 1.807) is 0 Å². The number of benzene rings is 1. The van der Waals surface area contributed by atoms with Gasteiger partial charge in [0.2, 0.25) is 11.7 Å². The highest BCUT2D eigenvalue weighted by atomic mass is 127. The van der Waals surface area contributed by atoms with Gasteiger partial charge in [-0.3, -0.25) is 0 Å². The highest BCUT2D eigenvalue weighted by Crippen LogP contribution is 2.22. The zero-order valence-corrected chi connectivity index (χ0v) is 10.3. The van der Waals surface area contributed by atoms with Crippen molar-refractivity contribution in [2.24, 2.45) is 5.73 Å². The largest absolute Gasteiger partial charge is 0.337 e. The predicted octanol–water partition coefficient (Wildman–Crippen LogP) is 2.36. The molecule has 0 aliphatic carbocycles. The van der Waals surface area contributed by atoms with Crippen molar-refractivity contribution < 1.29 is 4.52 Å². The van der Waals surface area contributed by atoms with Crippen molar-refractivity contribution in [2.45, 2.75) is 13.0 Å². The maximum Gasteiger partial charge on any atom is 0.243 e. The van der Waals surface area contributed by atoms with Gasteiger partial charge >= 0.3 is 0 Å². The van der Waals surface area contributed by atoms with E-state index >= 15 is 0 Å². The van der Waals surface area contributed by atoms with E-state index in [1.165, 1.54) is 0 Å². The molecule has 2 N–H and O–H groups in total. The van der Waals surface area contributed by atoms with Crippen LogP contribution in [0.25, 0.3) is 11.4 Å². The molecule has 0 saturated carbocycles. The first kappa shape index (κ1) is 10.6. The van der Waals surface area contributed by atoms with Crippen LogP contribution in [0.15, 0.2) is 28.8 Å². The molecular formula is C10H10IN3O. The van der Waals surface area contributed by atoms with E-state index in [1.807, 2.05) is 31.2 Å². The van der Waals surface area contributed by atoms with Gasteiger partial charge in [0.25, 0.3) is 0 Å². The van der Waals surface area contributed by atoms with Crippen LogP contribution < -0.4 is 5.73 Å². The number of rotatable bonds is 2. The number of halogens is 1. The highest BCUT2D eigenvalue weighted by molar-refractivity contribution is 14.1. The normalized spacial score (nSPS) is 12.7. The van der Waals surface area contributed by atoms with Gasteiger partial charge in [-0.2, -0.15) is 4.98 Å². The Kier molecular flexibility index (Phi) is 3.01. The average molecular weight is 315 g/mol. The molecule has 1 atom stereocenters. The summed E-state index contributed by atoms with van der Waals surface area (Å²) in [5.74, 6) is 1.05. The number of nitrogens with two attached hydrogens (primary N) is 1. The minimum absolute atomic E-state index is 0.229. The molecule has 1 aromatic carbocycles. The van der Waals surface area contributed by atoms with Crippen LogP contribution in [0, 0.1) is 3.57 Å². The van der Waals surface area contributed by atoms with Gasteiger partial charge in [-0.25, -0.2) is 0 Å². The summed E-state index contributed by atoms with van der Waals surface area (Å²) >= 11 is 2.24. The van der Waals surface area contributed by atoms with E-state index in [4.69, 9.17) is 10.3 Å². The lowest BCUT2D eigenvalue weighted by molar-refractivity contribution is 0.362. The SMILES string of the molecule is CC(N)c1nc(-c2ccccc2I)no1. The van der Waals surface area contributed by atoms with Crippen LogP contribution in [-0.4, -0.2) is 10.1 Å². The lowest BCUT2D eigenvalue weighted by Gasteiger charge is -1.97. The lowest BCUT2D eigenvalue weighted by Crippen LogP contribution is -2.04. The van der Waals surface area contributed by atoms with Crippen molar-refractivity contribution in [3.8, 4) is 11.4 Å². The van der Waals surface area contributed by atoms with E-state index in [0.717, 1.165) is 9.13 Å². The van der Waals surface area contributed by atoms with Crippen LogP contribution in [-0.2, 0) is 0 Å². The highest BCUT2D eigenvalue weighted by Gasteiger charge is 2.13. The monoisotopic (exact) mass is 315 g/mol. The molecule has 0 bridgehead atoms. The number of hydrogen-bond donors (Lipinski definition) is 1. The molecule has 78 valence electrons. The Balaban J connectivity index is 2.42. The molecule has 0 spiro atoms. The van der Waals surface area contributed by atoms with Crippen molar-refractivity contribution >= 4 is 22.6 Å². The molecule has 0 aliphatic rings. The van der Waals surface area contributed by atoms with Gasteiger partial charge in [0, 0.05) is 9.13 Å². The van der Waals surface area contributed by atoms with Gasteiger partial charge in [0.15, 0.2) is 0 Å². The summed E-state index contributed by atoms with van der Waals surface area (Å²) in [6, 6.07) is 7.64. The maximum atomic E-state index is 5.65. The molecule has 2 aromatic rings. The van der Waals surface area contributed by atoms with Gasteiger partial charge in [-0.1, -0.05) is 17.3 Å². The van der Waals surface area contributed by atoms with Gasteiger partial charge in [0.05, 0.1) is 6.04 Å². The Bertz CT molecular complexity index is 467. The molecule has 0 saturated heterocycles. The fraction of sp³-hybridized carbons (Fsp3) is 0.200. The van der Waals surface area contributed by atoms with E-state index in [-0.39, 0.29) is 6.04 Å². The fourth-order valence-corrected chi connectivity index (χ4v) is 1.80. The molecule has 1 heterocycles. The Morgan fingerprint density at radius 3 is 2.73 bits per heavy atom. The topological polar surface area (TPSA) is 64.9 Å². The van der Waals surface area contributed by atoms with Crippen LogP contribution in [0.5, 0.6) is 0 Å². The zero-order valence-electron chi connectivity index (χ0n) is 8.14. The zero-order chi connectivity index (χ0) is 10.8. The molecule has 1 aromatic heterocycles. The second-order valence-electron chi connectivity index (χ2n) is 3.22. The molecular weight excluding hydrogens is 305 g/mol. The maximum absolute atomic E-state index is 5.65. The van der Waals surface area contributed by atoms with Crippen LogP contribution >= 0.6 is 22.6 Å². The van der Waals surface area contributed by atoms with Gasteiger partial charge in [0.1, 0.15) is 0 Å². The smallest absolute Gasteiger partial charge is 0.243 e. The van der Waals surface area contributed by atoms with Crippen LogP contribution in [0.2, 0.25) is 0 Å². The summed E-state index contributed by atoms with van der Waals surface area (Å²) in [7, 11) is 0. The van der Waals surface area contributed by atoms with Crippen molar-refractivity contribution in [1.29, 1.82) is 0 Å². The second-order valence-corrected chi connectivity index (χ2v) is 4.39. The summed E-state index contributed by atoms with van der Waals surface area (Å²) in [4.78, 5) is 4.23. The third kappa shape index (κ3) is 2.18. The summed E-state index contributed by atoms with van der Waals surface area (Å²) in [6.45, 7) is 1.81. The van der Waals surface area contributed by atoms with Gasteiger partial charge < -0.3 is 10.3 Å². The molecule has 4 nitrogen and oxygen atoms in total. The summed E-state index contributed by atoms with van der Waals surface area (Å²) < 4.78 is 6.14. The minimum Gasteiger partial charge on any atom is -0.337 e. The Morgan fingerprint density at radius 1 is 1.40 bits per heavy atom. The molecule has 2 rings (SSSR count). The second kappa shape index (κ2) is 4.28. The standard InChI is InChI=1S/C10H10IN3O/c1-6(12)10-13-9(14-15-10)7-4-2-3-5-8(7)11/h2-6H,12H2,1H3. The first-order valence-electron chi connectivity index (χ1n) is 4.52. The van der Waals surface area contributed by atoms with Crippen molar-refractivity contribution in [1.82, 2.24) is 10.1 Å². The van der Waals surface area contributed by atoms with Crippen LogP contribution in [0.3, 0.4) is 0 Å². The predicted molar refractivity (Wildman–Crippen MR) is 65.1 cm³/mol. The number of hydrogen-bond acceptors (Lipinski definition) is 4.